The maximum Gasteiger partial charge on any atom is 0.397 e. The number of hydrogen-bond donors (Lipinski definition) is 0. The van der Waals surface area contributed by atoms with Gasteiger partial charge in [-0.3, -0.25) is 0 Å². The Balaban J connectivity index is 2.02. The van der Waals surface area contributed by atoms with Crippen LogP contribution in [0.3, 0.4) is 0 Å². The summed E-state index contributed by atoms with van der Waals surface area (Å²) < 4.78 is 29.8. The first-order valence-electron chi connectivity index (χ1n) is 6.45. The molecule has 1 nitrogen and oxygen atoms in total. The maximum atomic E-state index is 12.7. The molecule has 0 radical (unpaired) electrons. The van der Waals surface area contributed by atoms with Crippen LogP contribution < -0.4 is 0 Å². The van der Waals surface area contributed by atoms with Gasteiger partial charge in [0.05, 0.1) is 6.42 Å². The Hall–Kier alpha value is -1.82. The summed E-state index contributed by atoms with van der Waals surface area (Å²) in [5.41, 5.74) is 2.79. The summed E-state index contributed by atoms with van der Waals surface area (Å²) in [6, 6.07) is 8.01. The molecule has 2 rings (SSSR count). The second-order valence-corrected chi connectivity index (χ2v) is 4.60. The van der Waals surface area contributed by atoms with Crippen LogP contribution in [0.4, 0.5) is 8.78 Å². The van der Waals surface area contributed by atoms with Crippen molar-refractivity contribution in [1.29, 1.82) is 0 Å². The molecule has 0 aromatic heterocycles. The third-order valence-electron chi connectivity index (χ3n) is 2.92. The summed E-state index contributed by atoms with van der Waals surface area (Å²) in [7, 11) is 0. The highest BCUT2D eigenvalue weighted by Gasteiger charge is 2.32. The van der Waals surface area contributed by atoms with Crippen molar-refractivity contribution in [1.82, 2.24) is 0 Å². The lowest BCUT2D eigenvalue weighted by Gasteiger charge is -2.19. The molecule has 0 N–H and O–H groups in total. The van der Waals surface area contributed by atoms with Crippen molar-refractivity contribution in [3.8, 4) is 11.8 Å². The lowest BCUT2D eigenvalue weighted by Crippen LogP contribution is -2.21. The van der Waals surface area contributed by atoms with Gasteiger partial charge in [0.1, 0.15) is 6.26 Å². The van der Waals surface area contributed by atoms with E-state index in [0.717, 1.165) is 24.7 Å². The molecule has 1 aliphatic heterocycles. The van der Waals surface area contributed by atoms with Crippen LogP contribution in [0.5, 0.6) is 0 Å². The molecule has 100 valence electrons. The minimum atomic E-state index is -3.03. The van der Waals surface area contributed by atoms with Gasteiger partial charge in [-0.25, -0.2) is 0 Å². The van der Waals surface area contributed by atoms with Crippen LogP contribution in [0.1, 0.15) is 37.3 Å². The van der Waals surface area contributed by atoms with Crippen molar-refractivity contribution in [2.45, 2.75) is 38.7 Å². The smallest absolute Gasteiger partial charge is 0.397 e. The molecule has 0 amide bonds. The van der Waals surface area contributed by atoms with Crippen LogP contribution in [0.15, 0.2) is 36.1 Å². The molecule has 0 saturated heterocycles. The average molecular weight is 262 g/mol. The zero-order chi connectivity index (χ0) is 13.7. The number of hydrogen-bond acceptors (Lipinski definition) is 1. The van der Waals surface area contributed by atoms with Gasteiger partial charge in [-0.15, -0.1) is 0 Å². The molecule has 1 heterocycles. The summed E-state index contributed by atoms with van der Waals surface area (Å²) in [6.45, 7) is 2.14. The van der Waals surface area contributed by atoms with Crippen molar-refractivity contribution in [3.05, 3.63) is 47.2 Å². The normalized spacial score (nSPS) is 16.9. The van der Waals surface area contributed by atoms with E-state index >= 15 is 0 Å². The number of rotatable bonds is 2. The van der Waals surface area contributed by atoms with E-state index in [9.17, 15) is 8.78 Å². The molecule has 0 fully saturated rings. The van der Waals surface area contributed by atoms with E-state index in [1.807, 2.05) is 24.3 Å². The third kappa shape index (κ3) is 4.10. The van der Waals surface area contributed by atoms with Crippen LogP contribution in [-0.4, -0.2) is 6.11 Å². The Morgan fingerprint density at radius 1 is 1.21 bits per heavy atom. The van der Waals surface area contributed by atoms with Gasteiger partial charge in [0.2, 0.25) is 0 Å². The van der Waals surface area contributed by atoms with Crippen LogP contribution in [0.2, 0.25) is 0 Å². The zero-order valence-corrected chi connectivity index (χ0v) is 10.9. The second kappa shape index (κ2) is 5.88. The van der Waals surface area contributed by atoms with E-state index in [1.165, 1.54) is 5.56 Å². The van der Waals surface area contributed by atoms with E-state index in [0.29, 0.717) is 5.57 Å². The quantitative estimate of drug-likeness (QED) is 0.723. The average Bonchev–Trinajstić information content (AvgIpc) is 2.40. The van der Waals surface area contributed by atoms with Gasteiger partial charge in [0, 0.05) is 11.1 Å². The predicted molar refractivity (Wildman–Crippen MR) is 70.7 cm³/mol. The molecule has 0 saturated carbocycles. The Bertz CT molecular complexity index is 518. The fourth-order valence-corrected chi connectivity index (χ4v) is 1.84. The number of ether oxygens (including phenoxy) is 1. The van der Waals surface area contributed by atoms with Gasteiger partial charge in [-0.2, -0.15) is 8.78 Å². The molecule has 0 unspecified atom stereocenters. The third-order valence-corrected chi connectivity index (χ3v) is 2.92. The van der Waals surface area contributed by atoms with E-state index in [2.05, 4.69) is 23.5 Å². The fraction of sp³-hybridized carbons (Fsp3) is 0.375. The molecule has 1 aliphatic rings. The van der Waals surface area contributed by atoms with Gasteiger partial charge in [0.25, 0.3) is 0 Å². The zero-order valence-electron chi connectivity index (χ0n) is 10.9. The topological polar surface area (TPSA) is 9.23 Å². The van der Waals surface area contributed by atoms with E-state index in [4.69, 9.17) is 0 Å². The van der Waals surface area contributed by atoms with Crippen LogP contribution in [0.25, 0.3) is 0 Å². The number of benzene rings is 1. The minimum absolute atomic E-state index is 0.258. The lowest BCUT2D eigenvalue weighted by atomic mass is 10.1. The molecule has 0 aliphatic carbocycles. The minimum Gasteiger partial charge on any atom is -0.440 e. The van der Waals surface area contributed by atoms with Crippen molar-refractivity contribution in [3.63, 3.8) is 0 Å². The summed E-state index contributed by atoms with van der Waals surface area (Å²) in [4.78, 5) is 0. The Labute approximate surface area is 112 Å². The highest BCUT2D eigenvalue weighted by atomic mass is 19.3. The van der Waals surface area contributed by atoms with E-state index in [-0.39, 0.29) is 12.8 Å². The van der Waals surface area contributed by atoms with E-state index < -0.39 is 6.11 Å². The Morgan fingerprint density at radius 2 is 1.95 bits per heavy atom. The summed E-state index contributed by atoms with van der Waals surface area (Å²) in [6.07, 6.45) is 0.164. The van der Waals surface area contributed by atoms with Crippen molar-refractivity contribution >= 4 is 0 Å². The summed E-state index contributed by atoms with van der Waals surface area (Å²) in [5.74, 6) is 5.85. The van der Waals surface area contributed by atoms with Crippen molar-refractivity contribution in [2.75, 3.05) is 0 Å². The number of halogens is 2. The van der Waals surface area contributed by atoms with Gasteiger partial charge < -0.3 is 4.74 Å². The predicted octanol–water partition coefficient (Wildman–Crippen LogP) is 4.28. The highest BCUT2D eigenvalue weighted by molar-refractivity contribution is 5.41. The standard InChI is InChI=1S/C16H16F2O/c1-2-3-13-4-6-14(7-5-13)8-9-15-10-11-16(17,18)19-12-15/h4-7,12H,2-3,10-11H2,1H3. The van der Waals surface area contributed by atoms with Crippen LogP contribution in [0, 0.1) is 11.8 Å². The summed E-state index contributed by atoms with van der Waals surface area (Å²) >= 11 is 0. The van der Waals surface area contributed by atoms with Gasteiger partial charge in [0.15, 0.2) is 0 Å². The number of allylic oxidation sites excluding steroid dienone is 1. The van der Waals surface area contributed by atoms with Crippen LogP contribution >= 0.6 is 0 Å². The Kier molecular flexibility index (Phi) is 4.21. The molecule has 0 atom stereocenters. The van der Waals surface area contributed by atoms with Crippen molar-refractivity contribution < 1.29 is 13.5 Å². The number of alkyl halides is 2. The fourth-order valence-electron chi connectivity index (χ4n) is 1.84. The molecular weight excluding hydrogens is 246 g/mol. The Morgan fingerprint density at radius 3 is 2.53 bits per heavy atom. The van der Waals surface area contributed by atoms with Gasteiger partial charge in [-0.1, -0.05) is 37.3 Å². The molecular formula is C16H16F2O. The lowest BCUT2D eigenvalue weighted by molar-refractivity contribution is -0.214. The number of aryl methyl sites for hydroxylation is 1. The molecule has 0 bridgehead atoms. The highest BCUT2D eigenvalue weighted by Crippen LogP contribution is 2.29. The molecule has 3 heteroatoms. The molecule has 1 aromatic rings. The SMILES string of the molecule is CCCc1ccc(C#CC2=COC(F)(F)CC2)cc1. The molecule has 1 aromatic carbocycles. The monoisotopic (exact) mass is 262 g/mol. The maximum absolute atomic E-state index is 12.7. The molecule has 19 heavy (non-hydrogen) atoms. The largest absolute Gasteiger partial charge is 0.440 e. The second-order valence-electron chi connectivity index (χ2n) is 4.60. The first-order valence-corrected chi connectivity index (χ1v) is 6.45. The molecule has 0 spiro atoms. The first kappa shape index (κ1) is 13.6. The van der Waals surface area contributed by atoms with Gasteiger partial charge in [-0.05, 0) is 30.5 Å². The van der Waals surface area contributed by atoms with E-state index in [1.54, 1.807) is 0 Å². The van der Waals surface area contributed by atoms with Gasteiger partial charge >= 0.3 is 6.11 Å². The van der Waals surface area contributed by atoms with Crippen molar-refractivity contribution in [2.24, 2.45) is 0 Å². The summed E-state index contributed by atoms with van der Waals surface area (Å²) in [5, 5.41) is 0. The van der Waals surface area contributed by atoms with Crippen LogP contribution in [-0.2, 0) is 11.2 Å². The first-order chi connectivity index (χ1) is 9.09.